The Kier molecular flexibility index (Phi) is 3.02. The van der Waals surface area contributed by atoms with Gasteiger partial charge in [0.15, 0.2) is 0 Å². The van der Waals surface area contributed by atoms with Gasteiger partial charge in [0.25, 0.3) is 0 Å². The molecular weight excluding hydrogens is 253 g/mol. The van der Waals surface area contributed by atoms with E-state index in [0.717, 1.165) is 0 Å². The first-order chi connectivity index (χ1) is 9.16. The van der Waals surface area contributed by atoms with Gasteiger partial charge < -0.3 is 19.9 Å². The van der Waals surface area contributed by atoms with Crippen LogP contribution in [0.1, 0.15) is 12.1 Å². The number of nitrogens with one attached hydrogen (secondary N) is 2. The maximum atomic E-state index is 14.9. The summed E-state index contributed by atoms with van der Waals surface area (Å²) in [4.78, 5) is 12.4. The van der Waals surface area contributed by atoms with Crippen molar-refractivity contribution in [3.05, 3.63) is 18.0 Å². The summed E-state index contributed by atoms with van der Waals surface area (Å²) in [5, 5.41) is 9.39. The van der Waals surface area contributed by atoms with Gasteiger partial charge in [-0.2, -0.15) is 0 Å². The summed E-state index contributed by atoms with van der Waals surface area (Å²) >= 11 is 0. The second kappa shape index (κ2) is 4.57. The van der Waals surface area contributed by atoms with E-state index in [1.165, 1.54) is 6.26 Å². The normalized spacial score (nSPS) is 33.9. The van der Waals surface area contributed by atoms with Crippen LogP contribution in [-0.2, 0) is 16.1 Å². The minimum atomic E-state index is -1.53. The minimum Gasteiger partial charge on any atom is -0.380 e. The van der Waals surface area contributed by atoms with Gasteiger partial charge in [0, 0.05) is 32.2 Å². The van der Waals surface area contributed by atoms with E-state index in [1.807, 2.05) is 0 Å². The monoisotopic (exact) mass is 269 g/mol. The minimum absolute atomic E-state index is 0.112. The molecule has 0 aliphatic carbocycles. The van der Waals surface area contributed by atoms with E-state index in [2.05, 4.69) is 20.3 Å². The molecule has 3 rings (SSSR count). The molecule has 2 aliphatic rings. The van der Waals surface area contributed by atoms with Crippen molar-refractivity contribution in [2.24, 2.45) is 5.41 Å². The lowest BCUT2D eigenvalue weighted by atomic mass is 9.72. The van der Waals surface area contributed by atoms with Crippen molar-refractivity contribution in [3.63, 3.8) is 0 Å². The molecule has 0 spiro atoms. The number of halogens is 1. The number of fused-ring (bicyclic) bond motifs is 1. The van der Waals surface area contributed by atoms with Gasteiger partial charge >= 0.3 is 0 Å². The molecule has 1 amide bonds. The first-order valence-corrected chi connectivity index (χ1v) is 6.31. The van der Waals surface area contributed by atoms with Crippen LogP contribution in [0.2, 0.25) is 0 Å². The molecule has 0 bridgehead atoms. The molecule has 2 fully saturated rings. The van der Waals surface area contributed by atoms with Crippen molar-refractivity contribution in [1.29, 1.82) is 0 Å². The fourth-order valence-corrected chi connectivity index (χ4v) is 2.81. The average Bonchev–Trinajstić information content (AvgIpc) is 3.02. The fraction of sp³-hybridized carbons (Fsp3) is 0.667. The van der Waals surface area contributed by atoms with E-state index >= 15 is 0 Å². The quantitative estimate of drug-likeness (QED) is 0.808. The van der Waals surface area contributed by atoms with E-state index in [9.17, 15) is 9.18 Å². The molecule has 0 saturated carbocycles. The molecular formula is C12H16FN3O3. The Morgan fingerprint density at radius 2 is 2.47 bits per heavy atom. The summed E-state index contributed by atoms with van der Waals surface area (Å²) in [7, 11) is 0. The lowest BCUT2D eigenvalue weighted by molar-refractivity contribution is -0.154. The van der Waals surface area contributed by atoms with Crippen molar-refractivity contribution in [2.45, 2.75) is 18.6 Å². The Morgan fingerprint density at radius 3 is 3.26 bits per heavy atom. The van der Waals surface area contributed by atoms with Crippen LogP contribution < -0.4 is 10.6 Å². The molecule has 0 radical (unpaired) electrons. The van der Waals surface area contributed by atoms with Crippen molar-refractivity contribution >= 4 is 5.91 Å². The molecule has 6 nitrogen and oxygen atoms in total. The zero-order chi connectivity index (χ0) is 13.3. The Bertz CT molecular complexity index is 467. The van der Waals surface area contributed by atoms with Crippen molar-refractivity contribution < 1.29 is 18.4 Å². The van der Waals surface area contributed by atoms with Crippen molar-refractivity contribution in [1.82, 2.24) is 15.8 Å². The molecule has 0 unspecified atom stereocenters. The topological polar surface area (TPSA) is 76.4 Å². The van der Waals surface area contributed by atoms with Crippen LogP contribution in [0.15, 0.2) is 16.9 Å². The van der Waals surface area contributed by atoms with Gasteiger partial charge in [-0.3, -0.25) is 4.79 Å². The third kappa shape index (κ3) is 1.93. The zero-order valence-electron chi connectivity index (χ0n) is 10.4. The number of carbonyl (C=O) groups is 1. The molecule has 7 heteroatoms. The van der Waals surface area contributed by atoms with Crippen LogP contribution in [0.3, 0.4) is 0 Å². The molecule has 2 aliphatic heterocycles. The highest BCUT2D eigenvalue weighted by Crippen LogP contribution is 2.44. The van der Waals surface area contributed by atoms with E-state index in [4.69, 9.17) is 4.74 Å². The molecule has 2 atom stereocenters. The Balaban J connectivity index is 1.73. The number of hydrogen-bond acceptors (Lipinski definition) is 5. The summed E-state index contributed by atoms with van der Waals surface area (Å²) in [6.45, 7) is 1.20. The number of ether oxygens (including phenoxy) is 1. The predicted octanol–water partition coefficient (Wildman–Crippen LogP) is 0.00900. The highest BCUT2D eigenvalue weighted by molar-refractivity contribution is 5.85. The van der Waals surface area contributed by atoms with E-state index in [0.29, 0.717) is 18.8 Å². The largest absolute Gasteiger partial charge is 0.380 e. The highest BCUT2D eigenvalue weighted by atomic mass is 19.1. The van der Waals surface area contributed by atoms with Gasteiger partial charge in [-0.15, -0.1) is 0 Å². The molecule has 104 valence electrons. The molecule has 19 heavy (non-hydrogen) atoms. The molecule has 2 saturated heterocycles. The van der Waals surface area contributed by atoms with Crippen LogP contribution in [0, 0.1) is 5.41 Å². The smallest absolute Gasteiger partial charge is 0.233 e. The molecule has 0 aromatic carbocycles. The highest BCUT2D eigenvalue weighted by Gasteiger charge is 2.62. The first-order valence-electron chi connectivity index (χ1n) is 6.31. The number of carbonyl (C=O) groups excluding carboxylic acids is 1. The van der Waals surface area contributed by atoms with E-state index < -0.39 is 11.1 Å². The van der Waals surface area contributed by atoms with Crippen molar-refractivity contribution in [3.8, 4) is 0 Å². The van der Waals surface area contributed by atoms with E-state index in [-0.39, 0.29) is 32.0 Å². The second-order valence-electron chi connectivity index (χ2n) is 5.13. The van der Waals surface area contributed by atoms with Crippen LogP contribution in [0.5, 0.6) is 0 Å². The lowest BCUT2D eigenvalue weighted by Gasteiger charge is -2.41. The standard InChI is InChI=1S/C12H16FN3O3/c13-12-2-4-18-8-11(12,6-14-7-12)10(17)15-5-9-1-3-19-16-9/h1,3,14H,2,4-8H2,(H,15,17)/t11-,12+/m0/s1. The maximum Gasteiger partial charge on any atom is 0.233 e. The lowest BCUT2D eigenvalue weighted by Crippen LogP contribution is -2.59. The molecule has 2 N–H and O–H groups in total. The fourth-order valence-electron chi connectivity index (χ4n) is 2.81. The summed E-state index contributed by atoms with van der Waals surface area (Å²) in [5.74, 6) is -0.331. The third-order valence-corrected chi connectivity index (χ3v) is 4.04. The van der Waals surface area contributed by atoms with Gasteiger partial charge in [0.2, 0.25) is 5.91 Å². The van der Waals surface area contributed by atoms with Crippen LogP contribution >= 0.6 is 0 Å². The number of hydrogen-bond donors (Lipinski definition) is 2. The summed E-state index contributed by atoms with van der Waals surface area (Å²) in [5.41, 5.74) is -2.05. The van der Waals surface area contributed by atoms with Crippen LogP contribution in [-0.4, -0.2) is 43.0 Å². The van der Waals surface area contributed by atoms with Gasteiger partial charge in [0.05, 0.1) is 13.2 Å². The summed E-state index contributed by atoms with van der Waals surface area (Å²) in [6, 6.07) is 1.66. The molecule has 1 aromatic rings. The maximum absolute atomic E-state index is 14.9. The van der Waals surface area contributed by atoms with E-state index in [1.54, 1.807) is 6.07 Å². The number of amides is 1. The summed E-state index contributed by atoms with van der Waals surface area (Å²) < 4.78 is 24.9. The molecule has 3 heterocycles. The SMILES string of the molecule is O=C(NCc1ccon1)[C@@]12CNC[C@]1(F)CCOC2. The van der Waals surface area contributed by atoms with Crippen LogP contribution in [0.25, 0.3) is 0 Å². The number of aromatic nitrogens is 1. The van der Waals surface area contributed by atoms with Crippen molar-refractivity contribution in [2.75, 3.05) is 26.3 Å². The Labute approximate surface area is 109 Å². The summed E-state index contributed by atoms with van der Waals surface area (Å²) in [6.07, 6.45) is 1.68. The Morgan fingerprint density at radius 1 is 1.58 bits per heavy atom. The number of nitrogens with zero attached hydrogens (tertiary/aromatic N) is 1. The number of rotatable bonds is 3. The van der Waals surface area contributed by atoms with Gasteiger partial charge in [-0.25, -0.2) is 4.39 Å². The van der Waals surface area contributed by atoms with Gasteiger partial charge in [-0.1, -0.05) is 5.16 Å². The third-order valence-electron chi connectivity index (χ3n) is 4.04. The Hall–Kier alpha value is -1.47. The zero-order valence-corrected chi connectivity index (χ0v) is 10.4. The second-order valence-corrected chi connectivity index (χ2v) is 5.13. The van der Waals surface area contributed by atoms with Gasteiger partial charge in [0.1, 0.15) is 23.0 Å². The predicted molar refractivity (Wildman–Crippen MR) is 62.9 cm³/mol. The number of alkyl halides is 1. The first kappa shape index (κ1) is 12.6. The van der Waals surface area contributed by atoms with Gasteiger partial charge in [-0.05, 0) is 0 Å². The molecule has 1 aromatic heterocycles. The van der Waals surface area contributed by atoms with Crippen LogP contribution in [0.4, 0.5) is 4.39 Å². The average molecular weight is 269 g/mol.